The van der Waals surface area contributed by atoms with E-state index in [0.29, 0.717) is 50.0 Å². The number of carbonyl (C=O) groups excluding carboxylic acids is 2. The zero-order valence-corrected chi connectivity index (χ0v) is 24.5. The molecule has 40 heavy (non-hydrogen) atoms. The molecule has 2 bridgehead atoms. The molecule has 3 aliphatic rings. The number of unbranched alkanes of at least 4 members (excludes halogenated alkanes) is 1. The summed E-state index contributed by atoms with van der Waals surface area (Å²) in [4.78, 5) is 27.1. The van der Waals surface area contributed by atoms with Crippen LogP contribution in [0.15, 0.2) is 34.9 Å². The van der Waals surface area contributed by atoms with Crippen molar-refractivity contribution < 1.29 is 37.4 Å². The number of hydrogen-bond donors (Lipinski definition) is 0. The van der Waals surface area contributed by atoms with Gasteiger partial charge < -0.3 is 32.7 Å². The number of piperidine rings is 3. The van der Waals surface area contributed by atoms with E-state index in [1.165, 1.54) is 0 Å². The summed E-state index contributed by atoms with van der Waals surface area (Å²) in [5.41, 5.74) is 2.06. The molecule has 0 unspecified atom stereocenters. The molecule has 0 saturated carbocycles. The first-order chi connectivity index (χ1) is 19.4. The first-order valence-corrected chi connectivity index (χ1v) is 14.6. The fourth-order valence-corrected chi connectivity index (χ4v) is 6.10. The van der Waals surface area contributed by atoms with Gasteiger partial charge in [-0.3, -0.25) is 4.79 Å². The number of furan rings is 1. The van der Waals surface area contributed by atoms with Crippen molar-refractivity contribution in [1.82, 2.24) is 4.90 Å². The molecule has 0 spiro atoms. The van der Waals surface area contributed by atoms with Crippen LogP contribution in [0, 0.1) is 12.8 Å². The Balaban J connectivity index is 1.38. The van der Waals surface area contributed by atoms with Gasteiger partial charge in [-0.1, -0.05) is 6.07 Å². The molecule has 0 aliphatic carbocycles. The van der Waals surface area contributed by atoms with Crippen LogP contribution in [0.1, 0.15) is 55.9 Å². The monoisotopic (exact) mass is 557 g/mol. The number of aryl methyl sites for hydroxylation is 1. The molecule has 220 valence electrons. The maximum absolute atomic E-state index is 13.6. The van der Waals surface area contributed by atoms with Gasteiger partial charge in [0, 0.05) is 31.7 Å². The van der Waals surface area contributed by atoms with E-state index >= 15 is 0 Å². The third-order valence-corrected chi connectivity index (χ3v) is 8.54. The second kappa shape index (κ2) is 13.9. The fraction of sp³-hybridized carbons (Fsp3) is 0.613. The van der Waals surface area contributed by atoms with Crippen molar-refractivity contribution in [3.63, 3.8) is 0 Å². The average Bonchev–Trinajstić information content (AvgIpc) is 3.37. The van der Waals surface area contributed by atoms with Gasteiger partial charge in [0.15, 0.2) is 17.6 Å². The van der Waals surface area contributed by atoms with Crippen LogP contribution in [0.5, 0.6) is 11.5 Å². The lowest BCUT2D eigenvalue weighted by molar-refractivity contribution is -0.946. The lowest BCUT2D eigenvalue weighted by Crippen LogP contribution is -2.65. The van der Waals surface area contributed by atoms with E-state index in [-0.39, 0.29) is 18.2 Å². The number of methoxy groups -OCH3 is 2. The van der Waals surface area contributed by atoms with Gasteiger partial charge >= 0.3 is 12.1 Å². The van der Waals surface area contributed by atoms with Crippen LogP contribution >= 0.6 is 0 Å². The summed E-state index contributed by atoms with van der Waals surface area (Å²) in [6.45, 7) is 9.18. The number of quaternary nitrogens is 1. The molecule has 1 amide bonds. The van der Waals surface area contributed by atoms with Crippen molar-refractivity contribution in [2.75, 3.05) is 53.6 Å². The number of nitrogens with zero attached hydrogens (tertiary/aromatic N) is 2. The Hall–Kier alpha value is -3.20. The molecule has 5 rings (SSSR count). The third kappa shape index (κ3) is 7.50. The van der Waals surface area contributed by atoms with E-state index in [1.54, 1.807) is 25.4 Å². The van der Waals surface area contributed by atoms with Gasteiger partial charge in [-0.2, -0.15) is 0 Å². The van der Waals surface area contributed by atoms with Crippen LogP contribution in [-0.4, -0.2) is 81.1 Å². The molecule has 3 aliphatic heterocycles. The highest BCUT2D eigenvalue weighted by Gasteiger charge is 2.47. The summed E-state index contributed by atoms with van der Waals surface area (Å²) in [5.74, 6) is 2.39. The minimum absolute atomic E-state index is 0.0960. The van der Waals surface area contributed by atoms with E-state index in [1.807, 2.05) is 38.1 Å². The quantitative estimate of drug-likeness (QED) is 0.181. The van der Waals surface area contributed by atoms with Crippen molar-refractivity contribution in [3.05, 3.63) is 47.4 Å². The van der Waals surface area contributed by atoms with Gasteiger partial charge in [-0.25, -0.2) is 4.79 Å². The number of fused-ring (bicyclic) bond motifs is 3. The lowest BCUT2D eigenvalue weighted by Gasteiger charge is -2.52. The topological polar surface area (TPSA) is 87.4 Å². The zero-order valence-electron chi connectivity index (χ0n) is 24.5. The number of carbonyl (C=O) groups is 2. The maximum atomic E-state index is 13.6. The largest absolute Gasteiger partial charge is 0.493 e. The molecule has 3 fully saturated rings. The Kier molecular flexibility index (Phi) is 10.4. The Bertz CT molecular complexity index is 1120. The molecule has 3 saturated heterocycles. The minimum atomic E-state index is -0.296. The number of amides is 1. The maximum Gasteiger partial charge on any atom is 0.410 e. The molecule has 9 nitrogen and oxygen atoms in total. The minimum Gasteiger partial charge on any atom is -0.493 e. The molecule has 0 N–H and O–H groups in total. The number of esters is 1. The SMILES string of the molecule is CCOC(=O)CCCC[N+]12CCC(CC1)[C@@H](OC(=O)N(CCc1ccc(OC)c(OC)c1)Cc1occc1C)C2. The summed E-state index contributed by atoms with van der Waals surface area (Å²) >= 11 is 0. The molecule has 2 aromatic rings. The zero-order chi connectivity index (χ0) is 28.5. The van der Waals surface area contributed by atoms with E-state index in [4.69, 9.17) is 23.4 Å². The van der Waals surface area contributed by atoms with Crippen molar-refractivity contribution >= 4 is 12.1 Å². The van der Waals surface area contributed by atoms with E-state index in [9.17, 15) is 9.59 Å². The Morgan fingerprint density at radius 1 is 1.07 bits per heavy atom. The van der Waals surface area contributed by atoms with E-state index in [2.05, 4.69) is 0 Å². The number of ether oxygens (including phenoxy) is 4. The predicted octanol–water partition coefficient (Wildman–Crippen LogP) is 5.13. The Labute approximate surface area is 237 Å². The summed E-state index contributed by atoms with van der Waals surface area (Å²) in [6.07, 6.45) is 6.32. The van der Waals surface area contributed by atoms with Crippen LogP contribution in [-0.2, 0) is 27.2 Å². The Morgan fingerprint density at radius 2 is 1.85 bits per heavy atom. The van der Waals surface area contributed by atoms with Crippen LogP contribution in [0.3, 0.4) is 0 Å². The number of hydrogen-bond acceptors (Lipinski definition) is 7. The van der Waals surface area contributed by atoms with Crippen LogP contribution in [0.2, 0.25) is 0 Å². The summed E-state index contributed by atoms with van der Waals surface area (Å²) in [5, 5.41) is 0. The van der Waals surface area contributed by atoms with Crippen LogP contribution in [0.25, 0.3) is 0 Å². The smallest absolute Gasteiger partial charge is 0.410 e. The molecule has 1 aromatic carbocycles. The first kappa shape index (κ1) is 29.8. The molecule has 9 heteroatoms. The molecule has 1 aromatic heterocycles. The molecule has 1 atom stereocenters. The van der Waals surface area contributed by atoms with Gasteiger partial charge in [0.05, 0.1) is 53.3 Å². The van der Waals surface area contributed by atoms with Gasteiger partial charge in [-0.15, -0.1) is 0 Å². The van der Waals surface area contributed by atoms with Crippen molar-refractivity contribution in [2.45, 2.75) is 65.0 Å². The fourth-order valence-electron chi connectivity index (χ4n) is 6.10. The van der Waals surface area contributed by atoms with Gasteiger partial charge in [-0.05, 0) is 62.4 Å². The van der Waals surface area contributed by atoms with Crippen molar-refractivity contribution in [1.29, 1.82) is 0 Å². The summed E-state index contributed by atoms with van der Waals surface area (Å²) in [6, 6.07) is 7.74. The van der Waals surface area contributed by atoms with Crippen LogP contribution in [0.4, 0.5) is 4.79 Å². The molecule has 4 heterocycles. The van der Waals surface area contributed by atoms with E-state index in [0.717, 1.165) is 73.2 Å². The lowest BCUT2D eigenvalue weighted by atomic mass is 9.83. The first-order valence-electron chi connectivity index (χ1n) is 14.6. The third-order valence-electron chi connectivity index (χ3n) is 8.54. The Morgan fingerprint density at radius 3 is 2.52 bits per heavy atom. The number of rotatable bonds is 14. The predicted molar refractivity (Wildman–Crippen MR) is 150 cm³/mol. The van der Waals surface area contributed by atoms with Crippen molar-refractivity contribution in [3.8, 4) is 11.5 Å². The molecular formula is C31H45N2O7+. The summed E-state index contributed by atoms with van der Waals surface area (Å²) < 4.78 is 28.8. The van der Waals surface area contributed by atoms with Gasteiger partial charge in [0.2, 0.25) is 0 Å². The average molecular weight is 558 g/mol. The van der Waals surface area contributed by atoms with Gasteiger partial charge in [0.25, 0.3) is 0 Å². The highest BCUT2D eigenvalue weighted by atomic mass is 16.6. The highest BCUT2D eigenvalue weighted by Crippen LogP contribution is 2.36. The second-order valence-electron chi connectivity index (χ2n) is 11.1. The van der Waals surface area contributed by atoms with Crippen LogP contribution < -0.4 is 9.47 Å². The van der Waals surface area contributed by atoms with Crippen molar-refractivity contribution in [2.24, 2.45) is 5.92 Å². The van der Waals surface area contributed by atoms with E-state index < -0.39 is 0 Å². The number of benzene rings is 1. The second-order valence-corrected chi connectivity index (χ2v) is 11.1. The highest BCUT2D eigenvalue weighted by molar-refractivity contribution is 5.69. The van der Waals surface area contributed by atoms with Gasteiger partial charge in [0.1, 0.15) is 12.3 Å². The molecule has 0 radical (unpaired) electrons. The summed E-state index contributed by atoms with van der Waals surface area (Å²) in [7, 11) is 3.24. The molecular weight excluding hydrogens is 512 g/mol. The standard InChI is InChI=1S/C31H45N2O7/c1-5-38-30(34)8-6-7-16-33-17-12-25(13-18-33)29(22-33)40-31(35)32(21-28-23(2)14-19-39-28)15-11-24-9-10-26(36-3)27(20-24)37-4/h9-10,14,19-20,25,29H,5-8,11-13,15-18,21-22H2,1-4H3/q+1/t25?,29-,33?/m0/s1. The normalized spacial score (nSPS) is 21.6.